The van der Waals surface area contributed by atoms with Crippen molar-refractivity contribution < 1.29 is 18.0 Å². The van der Waals surface area contributed by atoms with Crippen molar-refractivity contribution in [2.75, 3.05) is 6.61 Å². The van der Waals surface area contributed by atoms with Gasteiger partial charge in [0, 0.05) is 5.92 Å². The first-order chi connectivity index (χ1) is 23.3. The van der Waals surface area contributed by atoms with E-state index in [4.69, 9.17) is 18.0 Å². The summed E-state index contributed by atoms with van der Waals surface area (Å²) >= 11 is 0. The third-order valence-electron chi connectivity index (χ3n) is 15.5. The van der Waals surface area contributed by atoms with Gasteiger partial charge in [0.1, 0.15) is 0 Å². The summed E-state index contributed by atoms with van der Waals surface area (Å²) in [5, 5.41) is 0.483. The first-order valence-electron chi connectivity index (χ1n) is 21.0. The molecule has 0 aromatic heterocycles. The molecule has 0 aromatic carbocycles. The van der Waals surface area contributed by atoms with E-state index in [1.54, 1.807) is 5.57 Å². The van der Waals surface area contributed by atoms with E-state index in [9.17, 15) is 0 Å². The van der Waals surface area contributed by atoms with Crippen molar-refractivity contribution in [3.8, 4) is 0 Å². The minimum absolute atomic E-state index is 0.0131. The molecule has 0 amide bonds. The molecule has 0 bridgehead atoms. The number of rotatable bonds is 12. The zero-order chi connectivity index (χ0) is 40.1. The molecule has 302 valence electrons. The van der Waals surface area contributed by atoms with E-state index >= 15 is 0 Å². The van der Waals surface area contributed by atoms with Crippen molar-refractivity contribution in [1.82, 2.24) is 0 Å². The van der Waals surface area contributed by atoms with Crippen LogP contribution in [0.5, 0.6) is 0 Å². The molecule has 52 heavy (non-hydrogen) atoms. The zero-order valence-corrected chi connectivity index (χ0v) is 41.1. The van der Waals surface area contributed by atoms with Crippen LogP contribution in [0.25, 0.3) is 0 Å². The maximum absolute atomic E-state index is 7.13. The van der Waals surface area contributed by atoms with Crippen molar-refractivity contribution in [3.63, 3.8) is 0 Å². The van der Waals surface area contributed by atoms with E-state index in [0.29, 0.717) is 17.8 Å². The summed E-state index contributed by atoms with van der Waals surface area (Å²) < 4.78 is 28.0. The molecule has 0 N–H and O–H groups in total. The molecule has 0 heterocycles. The van der Waals surface area contributed by atoms with Crippen LogP contribution in [-0.2, 0) is 18.0 Å². The average molecular weight is 775 g/mol. The predicted molar refractivity (Wildman–Crippen MR) is 234 cm³/mol. The Morgan fingerprint density at radius 1 is 0.750 bits per heavy atom. The molecule has 7 atom stereocenters. The lowest BCUT2D eigenvalue weighted by Crippen LogP contribution is -2.50. The molecule has 7 heteroatoms. The summed E-state index contributed by atoms with van der Waals surface area (Å²) in [6.07, 6.45) is 13.4. The van der Waals surface area contributed by atoms with Gasteiger partial charge >= 0.3 is 0 Å². The van der Waals surface area contributed by atoms with E-state index in [0.717, 1.165) is 25.0 Å². The van der Waals surface area contributed by atoms with Crippen LogP contribution in [0.3, 0.4) is 0 Å². The summed E-state index contributed by atoms with van der Waals surface area (Å²) in [4.78, 5) is 0. The van der Waals surface area contributed by atoms with Crippen LogP contribution in [0, 0.1) is 23.2 Å². The first kappa shape index (κ1) is 46.1. The first-order valence-corrected chi connectivity index (χ1v) is 29.7. The molecule has 3 rings (SSSR count). The smallest absolute Gasteiger partial charge is 0.192 e. The van der Waals surface area contributed by atoms with Gasteiger partial charge in [-0.3, -0.25) is 0 Å². The molecular formula is C45H86O4Si3. The molecule has 3 saturated carbocycles. The Kier molecular flexibility index (Phi) is 14.1. The third kappa shape index (κ3) is 10.4. The monoisotopic (exact) mass is 775 g/mol. The Labute approximate surface area is 327 Å². The van der Waals surface area contributed by atoms with Crippen LogP contribution < -0.4 is 0 Å². The van der Waals surface area contributed by atoms with Crippen molar-refractivity contribution in [2.24, 2.45) is 23.2 Å². The van der Waals surface area contributed by atoms with Crippen LogP contribution in [-0.4, -0.2) is 55.5 Å². The zero-order valence-electron chi connectivity index (χ0n) is 38.1. The fourth-order valence-electron chi connectivity index (χ4n) is 8.26. The Morgan fingerprint density at radius 3 is 1.69 bits per heavy atom. The second-order valence-corrected chi connectivity index (χ2v) is 37.0. The van der Waals surface area contributed by atoms with Gasteiger partial charge in [-0.05, 0) is 143 Å². The van der Waals surface area contributed by atoms with Crippen LogP contribution in [0.4, 0.5) is 0 Å². The topological polar surface area (TPSA) is 36.9 Å². The van der Waals surface area contributed by atoms with Gasteiger partial charge in [0.25, 0.3) is 0 Å². The number of hydrogen-bond acceptors (Lipinski definition) is 4. The Bertz CT molecular complexity index is 1260. The maximum atomic E-state index is 7.13. The highest BCUT2D eigenvalue weighted by atomic mass is 28.4. The maximum Gasteiger partial charge on any atom is 0.192 e. The van der Waals surface area contributed by atoms with Gasteiger partial charge in [0.05, 0.1) is 30.5 Å². The molecule has 3 aliphatic rings. The van der Waals surface area contributed by atoms with Gasteiger partial charge in [-0.25, -0.2) is 0 Å². The van der Waals surface area contributed by atoms with Crippen molar-refractivity contribution in [1.29, 1.82) is 0 Å². The van der Waals surface area contributed by atoms with Gasteiger partial charge in [-0.1, -0.05) is 106 Å². The van der Waals surface area contributed by atoms with Crippen LogP contribution in [0.1, 0.15) is 142 Å². The number of ether oxygens (including phenoxy) is 1. The Hall–Kier alpha value is -0.289. The minimum Gasteiger partial charge on any atom is -0.412 e. The lowest BCUT2D eigenvalue weighted by molar-refractivity contribution is -0.0679. The fourth-order valence-corrected chi connectivity index (χ4v) is 12.7. The van der Waals surface area contributed by atoms with Gasteiger partial charge in [-0.15, -0.1) is 0 Å². The summed E-state index contributed by atoms with van der Waals surface area (Å²) in [7, 11) is -5.87. The van der Waals surface area contributed by atoms with Gasteiger partial charge in [0.15, 0.2) is 25.0 Å². The highest BCUT2D eigenvalue weighted by Crippen LogP contribution is 2.59. The van der Waals surface area contributed by atoms with Gasteiger partial charge in [0.2, 0.25) is 0 Å². The molecule has 0 saturated heterocycles. The number of hydrogen-bond donors (Lipinski definition) is 0. The molecule has 0 radical (unpaired) electrons. The van der Waals surface area contributed by atoms with E-state index in [1.165, 1.54) is 37.7 Å². The van der Waals surface area contributed by atoms with Crippen LogP contribution in [0.2, 0.25) is 54.4 Å². The second-order valence-electron chi connectivity index (χ2n) is 22.8. The molecule has 0 aliphatic heterocycles. The quantitative estimate of drug-likeness (QED) is 0.146. The highest BCUT2D eigenvalue weighted by molar-refractivity contribution is 6.75. The summed E-state index contributed by atoms with van der Waals surface area (Å²) in [6.45, 7) is 52.4. The molecule has 0 spiro atoms. The SMILES string of the molecule is C=C1[C@H](O[Si](C)(C)C(C)(C)C)CC(=CC=C2CCCC3(C)C2CCC3[C@@H](C)OC[C@H](C)C(C)(C)O[Si](C)(C)C(C)(C)C)C[C@H]1O[Si](C)(C)C(C)(C)C. The van der Waals surface area contributed by atoms with E-state index in [1.807, 2.05) is 0 Å². The number of allylic oxidation sites excluding steroid dienone is 3. The molecular weight excluding hydrogens is 689 g/mol. The average Bonchev–Trinajstić information content (AvgIpc) is 3.31. The molecule has 0 aromatic rings. The summed E-state index contributed by atoms with van der Waals surface area (Å²) in [5.41, 5.74) is 4.33. The van der Waals surface area contributed by atoms with Gasteiger partial charge < -0.3 is 18.0 Å². The molecule has 4 nitrogen and oxygen atoms in total. The normalized spacial score (nSPS) is 29.3. The fraction of sp³-hybridized carbons (Fsp3) is 0.867. The lowest BCUT2D eigenvalue weighted by atomic mass is 9.62. The highest BCUT2D eigenvalue weighted by Gasteiger charge is 2.52. The van der Waals surface area contributed by atoms with E-state index < -0.39 is 25.0 Å². The van der Waals surface area contributed by atoms with Crippen LogP contribution in [0.15, 0.2) is 35.5 Å². The minimum atomic E-state index is -2.00. The van der Waals surface area contributed by atoms with Crippen molar-refractivity contribution in [2.45, 2.75) is 220 Å². The molecule has 3 fully saturated rings. The molecule has 3 aliphatic carbocycles. The Balaban J connectivity index is 1.81. The van der Waals surface area contributed by atoms with E-state index in [2.05, 4.69) is 155 Å². The Morgan fingerprint density at radius 2 is 1.23 bits per heavy atom. The number of fused-ring (bicyclic) bond motifs is 1. The summed E-state index contributed by atoms with van der Waals surface area (Å²) in [6, 6.07) is 0. The largest absolute Gasteiger partial charge is 0.412 e. The van der Waals surface area contributed by atoms with Crippen molar-refractivity contribution in [3.05, 3.63) is 35.5 Å². The summed E-state index contributed by atoms with van der Waals surface area (Å²) in [5.74, 6) is 1.53. The second kappa shape index (κ2) is 15.9. The predicted octanol–water partition coefficient (Wildman–Crippen LogP) is 14.0. The van der Waals surface area contributed by atoms with Crippen molar-refractivity contribution >= 4 is 25.0 Å². The lowest BCUT2D eigenvalue weighted by Gasteiger charge is -2.46. The standard InChI is InChI=1S/C45H86O4Si3/c1-32(44(13,14)49-52(20,21)43(10,11)12)31-46-34(3)37-26-27-38-36(23-22-28-45(37,38)15)25-24-35-29-39(47-50(16,17)41(4,5)6)33(2)40(30-35)48-51(18,19)42(7,8)9/h24-25,32,34,37-40H,2,22-23,26-31H2,1,3-21H3/t32-,34+,37?,38?,39+,40+,45?/m0/s1. The van der Waals surface area contributed by atoms with E-state index in [-0.39, 0.29) is 44.4 Å². The molecule has 3 unspecified atom stereocenters. The van der Waals surface area contributed by atoms with Gasteiger partial charge in [-0.2, -0.15) is 0 Å². The third-order valence-corrected chi connectivity index (χ3v) is 29.1. The van der Waals surface area contributed by atoms with Crippen LogP contribution >= 0.6 is 0 Å².